The van der Waals surface area contributed by atoms with Crippen LogP contribution in [0.15, 0.2) is 188 Å². The maximum Gasteiger partial charge on any atom is 0.252 e. The lowest BCUT2D eigenvalue weighted by Gasteiger charge is -2.46. The molecule has 0 unspecified atom stereocenters. The zero-order valence-electron chi connectivity index (χ0n) is 47.2. The molecule has 16 rings (SSSR count). The van der Waals surface area contributed by atoms with Crippen LogP contribution >= 0.6 is 11.3 Å². The summed E-state index contributed by atoms with van der Waals surface area (Å²) in [7, 11) is 0. The van der Waals surface area contributed by atoms with Gasteiger partial charge in [0.05, 0.1) is 32.5 Å². The van der Waals surface area contributed by atoms with Gasteiger partial charge in [-0.1, -0.05) is 181 Å². The van der Waals surface area contributed by atoms with Gasteiger partial charge < -0.3 is 19.3 Å². The van der Waals surface area contributed by atoms with Gasteiger partial charge in [-0.3, -0.25) is 0 Å². The van der Waals surface area contributed by atoms with Gasteiger partial charge in [-0.05, 0) is 164 Å². The summed E-state index contributed by atoms with van der Waals surface area (Å²) in [5, 5.41) is 1.34. The molecule has 4 nitrogen and oxygen atoms in total. The first-order valence-electron chi connectivity index (χ1n) is 29.1. The highest BCUT2D eigenvalue weighted by Crippen LogP contribution is 2.63. The summed E-state index contributed by atoms with van der Waals surface area (Å²) in [5.74, 6) is 0. The van der Waals surface area contributed by atoms with Gasteiger partial charge in [-0.2, -0.15) is 0 Å². The number of aryl methyl sites for hydroxylation is 2. The molecule has 0 N–H and O–H groups in total. The Morgan fingerprint density at radius 2 is 1.10 bits per heavy atom. The molecule has 80 heavy (non-hydrogen) atoms. The van der Waals surface area contributed by atoms with Crippen LogP contribution in [0.25, 0.3) is 49.1 Å². The second-order valence-corrected chi connectivity index (χ2v) is 26.7. The molecule has 0 amide bonds. The fourth-order valence-corrected chi connectivity index (χ4v) is 16.3. The van der Waals surface area contributed by atoms with Gasteiger partial charge in [0.2, 0.25) is 0 Å². The molecule has 390 valence electrons. The molecule has 6 heterocycles. The average molecular weight is 1050 g/mol. The Labute approximate surface area is 475 Å². The van der Waals surface area contributed by atoms with Gasteiger partial charge in [0.25, 0.3) is 6.71 Å². The van der Waals surface area contributed by atoms with E-state index in [0.717, 1.165) is 13.1 Å². The second-order valence-electron chi connectivity index (χ2n) is 25.5. The summed E-state index contributed by atoms with van der Waals surface area (Å²) < 4.78 is 4.01. The normalized spacial score (nSPS) is 16.7. The molecule has 6 heteroatoms. The Bertz CT molecular complexity index is 4430. The van der Waals surface area contributed by atoms with Crippen LogP contribution in [0.2, 0.25) is 0 Å². The molecule has 1 saturated heterocycles. The van der Waals surface area contributed by atoms with Crippen LogP contribution in [-0.2, 0) is 16.2 Å². The van der Waals surface area contributed by atoms with Crippen molar-refractivity contribution in [3.8, 4) is 27.9 Å². The van der Waals surface area contributed by atoms with Crippen molar-refractivity contribution in [1.82, 2.24) is 4.57 Å². The predicted octanol–water partition coefficient (Wildman–Crippen LogP) is 17.5. The molecule has 1 atom stereocenters. The molecule has 4 aliphatic heterocycles. The zero-order valence-corrected chi connectivity index (χ0v) is 48.0. The number of para-hydroxylation sites is 3. The molecule has 0 saturated carbocycles. The summed E-state index contributed by atoms with van der Waals surface area (Å²) in [6, 6.07) is 73.8. The summed E-state index contributed by atoms with van der Waals surface area (Å²) >= 11 is 1.95. The summed E-state index contributed by atoms with van der Waals surface area (Å²) in [5.41, 5.74) is 30.4. The van der Waals surface area contributed by atoms with Crippen LogP contribution in [0.4, 0.5) is 39.8 Å². The number of nitrogens with zero attached hydrogens (tertiary/aromatic N) is 4. The van der Waals surface area contributed by atoms with E-state index in [0.29, 0.717) is 0 Å². The van der Waals surface area contributed by atoms with E-state index in [1.54, 1.807) is 0 Å². The Morgan fingerprint density at radius 1 is 0.450 bits per heavy atom. The minimum absolute atomic E-state index is 0.0358. The van der Waals surface area contributed by atoms with Crippen molar-refractivity contribution >= 4 is 95.4 Å². The van der Waals surface area contributed by atoms with E-state index in [4.69, 9.17) is 0 Å². The zero-order chi connectivity index (χ0) is 54.1. The molecule has 0 bridgehead atoms. The predicted molar refractivity (Wildman–Crippen MR) is 342 cm³/mol. The van der Waals surface area contributed by atoms with E-state index in [1.165, 1.54) is 168 Å². The van der Waals surface area contributed by atoms with Crippen molar-refractivity contribution in [2.45, 2.75) is 90.9 Å². The lowest BCUT2D eigenvalue weighted by molar-refractivity contribution is 0.578. The summed E-state index contributed by atoms with van der Waals surface area (Å²) in [6.45, 7) is 20.8. The van der Waals surface area contributed by atoms with Crippen molar-refractivity contribution in [2.75, 3.05) is 27.8 Å². The number of rotatable bonds is 4. The first-order valence-corrected chi connectivity index (χ1v) is 30.0. The van der Waals surface area contributed by atoms with E-state index in [9.17, 15) is 0 Å². The fourth-order valence-electron chi connectivity index (χ4n) is 15.1. The fraction of sp³-hybridized carbons (Fsp3) is 0.216. The minimum atomic E-state index is -0.608. The standard InChI is InChI=1S/C74H65BN4S/c1-45-46(2)80-71-54-29-22-32-58-70(54)79(69(45)71)63-34-18-16-31-57(63)74(58)56-30-15-13-28-53(56)55-43-61-65(44-59(55)74)78(62-33-17-14-27-52(62)47-23-11-9-12-24-47)67-42-51(76-37-19-10-20-38-76)41-66-68(67)75(61)60-36-35-49(73(6,7)8)40-64(60)77(66)50-26-21-25-48(39-50)72(3,4)5/h9,11-18,21-36,39-44H,10,19-20,37-38H2,1-8H3/t74-/m1/s1. The number of hydrogen-bond acceptors (Lipinski definition) is 4. The molecule has 9 aromatic carbocycles. The molecule has 1 aliphatic carbocycles. The van der Waals surface area contributed by atoms with E-state index >= 15 is 0 Å². The number of fused-ring (bicyclic) bond motifs is 16. The van der Waals surface area contributed by atoms with Crippen molar-refractivity contribution in [1.29, 1.82) is 0 Å². The number of anilines is 7. The lowest BCUT2D eigenvalue weighted by Crippen LogP contribution is -2.61. The van der Waals surface area contributed by atoms with Crippen molar-refractivity contribution < 1.29 is 0 Å². The third-order valence-corrected chi connectivity index (χ3v) is 20.3. The maximum atomic E-state index is 2.72. The minimum Gasteiger partial charge on any atom is -0.371 e. The number of benzene rings is 9. The smallest absolute Gasteiger partial charge is 0.252 e. The lowest BCUT2D eigenvalue weighted by atomic mass is 9.33. The van der Waals surface area contributed by atoms with E-state index in [1.807, 2.05) is 11.3 Å². The first-order chi connectivity index (χ1) is 38.8. The molecular weight excluding hydrogens is 988 g/mol. The maximum absolute atomic E-state index is 2.72. The quantitative estimate of drug-likeness (QED) is 0.163. The van der Waals surface area contributed by atoms with Crippen LogP contribution in [0, 0.1) is 13.8 Å². The van der Waals surface area contributed by atoms with Gasteiger partial charge in [-0.25, -0.2) is 0 Å². The Hall–Kier alpha value is -8.06. The Kier molecular flexibility index (Phi) is 10.2. The third kappa shape index (κ3) is 6.51. The molecule has 11 aromatic rings. The van der Waals surface area contributed by atoms with Gasteiger partial charge in [-0.15, -0.1) is 11.3 Å². The van der Waals surface area contributed by atoms with Crippen LogP contribution in [0.1, 0.15) is 105 Å². The molecule has 1 spiro atoms. The van der Waals surface area contributed by atoms with Crippen LogP contribution in [0.5, 0.6) is 0 Å². The van der Waals surface area contributed by atoms with Crippen molar-refractivity contribution in [3.63, 3.8) is 0 Å². The summed E-state index contributed by atoms with van der Waals surface area (Å²) in [4.78, 5) is 9.45. The van der Waals surface area contributed by atoms with Gasteiger partial charge in [0.15, 0.2) is 0 Å². The van der Waals surface area contributed by atoms with Crippen LogP contribution in [-0.4, -0.2) is 24.4 Å². The monoisotopic (exact) mass is 1050 g/mol. The largest absolute Gasteiger partial charge is 0.371 e. The SMILES string of the molecule is Cc1sc2c3cccc4c3n(c2c1C)-c1ccccc1[C@]41c2ccccc2-c2cc3c(cc21)N(c1ccccc1-c1ccccc1)c1cc(N2CCCCC2)cc2c1B3c1ccc(C(C)(C)C)cc1N2c1cccc(C(C)(C)C)c1. The van der Waals surface area contributed by atoms with Crippen LogP contribution < -0.4 is 31.1 Å². The Morgan fingerprint density at radius 3 is 1.88 bits per heavy atom. The van der Waals surface area contributed by atoms with Crippen molar-refractivity contribution in [2.24, 2.45) is 0 Å². The highest BCUT2D eigenvalue weighted by atomic mass is 32.1. The highest BCUT2D eigenvalue weighted by Gasteiger charge is 2.53. The molecule has 2 aromatic heterocycles. The van der Waals surface area contributed by atoms with Crippen molar-refractivity contribution in [3.05, 3.63) is 232 Å². The van der Waals surface area contributed by atoms with E-state index < -0.39 is 5.41 Å². The number of aromatic nitrogens is 1. The molecular formula is C74H65BN4S. The number of piperidine rings is 1. The molecule has 5 aliphatic rings. The molecule has 0 radical (unpaired) electrons. The third-order valence-electron chi connectivity index (χ3n) is 19.0. The van der Waals surface area contributed by atoms with E-state index in [-0.39, 0.29) is 17.5 Å². The van der Waals surface area contributed by atoms with E-state index in [2.05, 4.69) is 263 Å². The average Bonchev–Trinajstić information content (AvgIpc) is 3.79. The second kappa shape index (κ2) is 17.0. The Balaban J connectivity index is 1.07. The number of thiophene rings is 1. The highest BCUT2D eigenvalue weighted by molar-refractivity contribution is 7.20. The van der Waals surface area contributed by atoms with Gasteiger partial charge in [0, 0.05) is 63.0 Å². The first kappa shape index (κ1) is 47.9. The number of hydrogen-bond donors (Lipinski definition) is 0. The topological polar surface area (TPSA) is 14.7 Å². The van der Waals surface area contributed by atoms with Gasteiger partial charge in [0.1, 0.15) is 0 Å². The van der Waals surface area contributed by atoms with Crippen LogP contribution in [0.3, 0.4) is 0 Å². The molecule has 1 fully saturated rings. The summed E-state index contributed by atoms with van der Waals surface area (Å²) in [6.07, 6.45) is 3.65. The van der Waals surface area contributed by atoms with Gasteiger partial charge >= 0.3 is 0 Å².